The lowest BCUT2D eigenvalue weighted by atomic mass is 10.1. The molecule has 2 nitrogen and oxygen atoms in total. The van der Waals surface area contributed by atoms with E-state index in [9.17, 15) is 5.11 Å². The minimum Gasteiger partial charge on any atom is -0.400 e. The Morgan fingerprint density at radius 2 is 2.30 bits per heavy atom. The van der Waals surface area contributed by atoms with Crippen LogP contribution in [-0.4, -0.2) is 11.2 Å². The third-order valence-electron chi connectivity index (χ3n) is 1.55. The summed E-state index contributed by atoms with van der Waals surface area (Å²) in [5, 5.41) is 9.26. The molecule has 0 aliphatic rings. The van der Waals surface area contributed by atoms with Gasteiger partial charge in [0.25, 0.3) is 0 Å². The highest BCUT2D eigenvalue weighted by Crippen LogP contribution is 2.04. The van der Waals surface area contributed by atoms with Crippen molar-refractivity contribution in [3.63, 3.8) is 0 Å². The van der Waals surface area contributed by atoms with E-state index in [2.05, 4.69) is 6.92 Å². The molecule has 60 valence electrons. The van der Waals surface area contributed by atoms with E-state index in [1.165, 1.54) is 0 Å². The quantitative estimate of drug-likeness (QED) is 0.625. The second-order valence-corrected chi connectivity index (χ2v) is 2.45. The number of nitrogens with two attached hydrogens (primary N) is 1. The zero-order valence-electron chi connectivity index (χ0n) is 6.80. The van der Waals surface area contributed by atoms with Gasteiger partial charge in [-0.15, -0.1) is 0 Å². The molecular weight excluding hydrogens is 126 g/mol. The minimum absolute atomic E-state index is 0.426. The molecule has 0 spiro atoms. The molecule has 2 heteroatoms. The first kappa shape index (κ1) is 9.50. The average molecular weight is 143 g/mol. The summed E-state index contributed by atoms with van der Waals surface area (Å²) >= 11 is 0. The predicted molar refractivity (Wildman–Crippen MR) is 43.5 cm³/mol. The van der Waals surface area contributed by atoms with E-state index in [0.717, 1.165) is 19.3 Å². The molecule has 0 radical (unpaired) electrons. The topological polar surface area (TPSA) is 46.2 Å². The van der Waals surface area contributed by atoms with Crippen molar-refractivity contribution in [3.05, 3.63) is 11.8 Å². The molecular formula is C8H17NO. The van der Waals surface area contributed by atoms with Crippen LogP contribution in [0.2, 0.25) is 0 Å². The molecule has 0 aromatic heterocycles. The molecule has 0 aliphatic heterocycles. The van der Waals surface area contributed by atoms with Crippen LogP contribution in [0.4, 0.5) is 0 Å². The van der Waals surface area contributed by atoms with Crippen molar-refractivity contribution in [3.8, 4) is 0 Å². The molecule has 0 heterocycles. The molecule has 1 unspecified atom stereocenters. The maximum Gasteiger partial charge on any atom is 0.0929 e. The van der Waals surface area contributed by atoms with E-state index in [1.54, 1.807) is 6.08 Å². The molecule has 0 amide bonds. The number of rotatable bonds is 4. The van der Waals surface area contributed by atoms with Crippen LogP contribution in [0.25, 0.3) is 0 Å². The van der Waals surface area contributed by atoms with Gasteiger partial charge in [0.15, 0.2) is 0 Å². The Morgan fingerprint density at radius 1 is 1.70 bits per heavy atom. The van der Waals surface area contributed by atoms with E-state index in [-0.39, 0.29) is 0 Å². The standard InChI is InChI=1S/C8H17NO/c1-3-5-6-8(10)7(9)4-2/h4,8,10H,3,5-6,9H2,1-2H3/b7-4+. The molecule has 1 atom stereocenters. The van der Waals surface area contributed by atoms with Crippen LogP contribution < -0.4 is 5.73 Å². The van der Waals surface area contributed by atoms with Crippen LogP contribution >= 0.6 is 0 Å². The van der Waals surface area contributed by atoms with Gasteiger partial charge >= 0.3 is 0 Å². The van der Waals surface area contributed by atoms with E-state index >= 15 is 0 Å². The molecule has 0 saturated heterocycles. The van der Waals surface area contributed by atoms with Crippen molar-refractivity contribution >= 4 is 0 Å². The van der Waals surface area contributed by atoms with Crippen LogP contribution in [-0.2, 0) is 0 Å². The van der Waals surface area contributed by atoms with Gasteiger partial charge in [-0.1, -0.05) is 25.8 Å². The van der Waals surface area contributed by atoms with Crippen LogP contribution in [0, 0.1) is 0 Å². The fraction of sp³-hybridized carbons (Fsp3) is 0.750. The van der Waals surface area contributed by atoms with Gasteiger partial charge in [-0.2, -0.15) is 0 Å². The maximum absolute atomic E-state index is 9.26. The summed E-state index contributed by atoms with van der Waals surface area (Å²) in [5.41, 5.74) is 6.06. The molecule has 0 saturated carbocycles. The van der Waals surface area contributed by atoms with Crippen molar-refractivity contribution in [2.45, 2.75) is 39.2 Å². The number of aliphatic hydroxyl groups is 1. The normalized spacial score (nSPS) is 15.3. The highest BCUT2D eigenvalue weighted by Gasteiger charge is 2.03. The summed E-state index contributed by atoms with van der Waals surface area (Å²) in [4.78, 5) is 0. The zero-order valence-corrected chi connectivity index (χ0v) is 6.80. The molecule has 0 aliphatic carbocycles. The van der Waals surface area contributed by atoms with E-state index in [4.69, 9.17) is 5.73 Å². The van der Waals surface area contributed by atoms with Crippen molar-refractivity contribution in [1.29, 1.82) is 0 Å². The monoisotopic (exact) mass is 143 g/mol. The lowest BCUT2D eigenvalue weighted by molar-refractivity contribution is 0.195. The number of allylic oxidation sites excluding steroid dienone is 1. The number of aliphatic hydroxyl groups excluding tert-OH is 1. The molecule has 3 N–H and O–H groups in total. The summed E-state index contributed by atoms with van der Waals surface area (Å²) < 4.78 is 0. The highest BCUT2D eigenvalue weighted by atomic mass is 16.3. The molecule has 10 heavy (non-hydrogen) atoms. The van der Waals surface area contributed by atoms with Gasteiger partial charge in [0, 0.05) is 5.70 Å². The molecule has 0 aromatic carbocycles. The van der Waals surface area contributed by atoms with Crippen LogP contribution in [0.15, 0.2) is 11.8 Å². The van der Waals surface area contributed by atoms with Gasteiger partial charge in [-0.3, -0.25) is 0 Å². The van der Waals surface area contributed by atoms with Gasteiger partial charge in [0.1, 0.15) is 0 Å². The van der Waals surface area contributed by atoms with E-state index in [0.29, 0.717) is 5.70 Å². The largest absolute Gasteiger partial charge is 0.400 e. The van der Waals surface area contributed by atoms with Crippen LogP contribution in [0.1, 0.15) is 33.1 Å². The Kier molecular flexibility index (Phi) is 5.03. The highest BCUT2D eigenvalue weighted by molar-refractivity contribution is 5.00. The summed E-state index contributed by atoms with van der Waals surface area (Å²) in [5.74, 6) is 0. The fourth-order valence-corrected chi connectivity index (χ4v) is 0.757. The second kappa shape index (κ2) is 5.30. The first-order valence-corrected chi connectivity index (χ1v) is 3.82. The molecule has 0 aromatic rings. The Bertz CT molecular complexity index is 110. The van der Waals surface area contributed by atoms with Gasteiger partial charge in [-0.25, -0.2) is 0 Å². The first-order chi connectivity index (χ1) is 4.72. The van der Waals surface area contributed by atoms with Gasteiger partial charge in [-0.05, 0) is 13.3 Å². The van der Waals surface area contributed by atoms with Gasteiger partial charge in [0.05, 0.1) is 6.10 Å². The maximum atomic E-state index is 9.26. The Balaban J connectivity index is 3.51. The van der Waals surface area contributed by atoms with Gasteiger partial charge < -0.3 is 10.8 Å². The van der Waals surface area contributed by atoms with Crippen molar-refractivity contribution in [2.24, 2.45) is 5.73 Å². The number of unbranched alkanes of at least 4 members (excludes halogenated alkanes) is 1. The second-order valence-electron chi connectivity index (χ2n) is 2.45. The Hall–Kier alpha value is -0.500. The number of hydrogen-bond donors (Lipinski definition) is 2. The fourth-order valence-electron chi connectivity index (χ4n) is 0.757. The predicted octanol–water partition coefficient (Wildman–Crippen LogP) is 1.40. The summed E-state index contributed by atoms with van der Waals surface area (Å²) in [6.07, 6.45) is 4.25. The van der Waals surface area contributed by atoms with Crippen LogP contribution in [0.5, 0.6) is 0 Å². The third kappa shape index (κ3) is 3.51. The Labute approximate surface area is 62.7 Å². The molecule has 0 rings (SSSR count). The zero-order chi connectivity index (χ0) is 7.98. The summed E-state index contributed by atoms with van der Waals surface area (Å²) in [7, 11) is 0. The van der Waals surface area contributed by atoms with Crippen molar-refractivity contribution in [1.82, 2.24) is 0 Å². The smallest absolute Gasteiger partial charge is 0.0929 e. The van der Waals surface area contributed by atoms with Crippen LogP contribution in [0.3, 0.4) is 0 Å². The Morgan fingerprint density at radius 3 is 2.70 bits per heavy atom. The molecule has 0 fully saturated rings. The van der Waals surface area contributed by atoms with Gasteiger partial charge in [0.2, 0.25) is 0 Å². The lowest BCUT2D eigenvalue weighted by Gasteiger charge is -2.08. The molecule has 0 bridgehead atoms. The van der Waals surface area contributed by atoms with E-state index < -0.39 is 6.10 Å². The third-order valence-corrected chi connectivity index (χ3v) is 1.55. The summed E-state index contributed by atoms with van der Waals surface area (Å²) in [6, 6.07) is 0. The summed E-state index contributed by atoms with van der Waals surface area (Å²) in [6.45, 7) is 3.93. The lowest BCUT2D eigenvalue weighted by Crippen LogP contribution is -2.16. The number of hydrogen-bond acceptors (Lipinski definition) is 2. The van der Waals surface area contributed by atoms with Crippen molar-refractivity contribution in [2.75, 3.05) is 0 Å². The van der Waals surface area contributed by atoms with E-state index in [1.807, 2.05) is 6.92 Å². The SMILES string of the molecule is C/C=C(/N)C(O)CCCC. The average Bonchev–Trinajstić information content (AvgIpc) is 1.98. The minimum atomic E-state index is -0.426. The van der Waals surface area contributed by atoms with Crippen molar-refractivity contribution < 1.29 is 5.11 Å². The first-order valence-electron chi connectivity index (χ1n) is 3.82.